The van der Waals surface area contributed by atoms with Crippen LogP contribution in [0.2, 0.25) is 0 Å². The van der Waals surface area contributed by atoms with Crippen LogP contribution in [0.1, 0.15) is 43.2 Å². The Kier molecular flexibility index (Phi) is 10.0. The van der Waals surface area contributed by atoms with E-state index in [1.54, 1.807) is 6.20 Å². The SMILES string of the molecule is Cc1c[c-]c(-c2ccc(C(C)(C)C)cn2)cc1.[Ir].[c-]1ccc2c(oc3nc(CCc4ccccc4)ccc32)c1-c1ccccn1. The van der Waals surface area contributed by atoms with E-state index < -0.39 is 0 Å². The van der Waals surface area contributed by atoms with Crippen molar-refractivity contribution in [3.05, 3.63) is 150 Å². The van der Waals surface area contributed by atoms with E-state index in [1.807, 2.05) is 48.7 Å². The third-order valence-corrected chi connectivity index (χ3v) is 7.66. The van der Waals surface area contributed by atoms with E-state index in [9.17, 15) is 0 Å². The van der Waals surface area contributed by atoms with Crippen molar-refractivity contribution in [2.45, 2.75) is 46.0 Å². The molecule has 4 aromatic heterocycles. The molecular weight excluding hydrogens is 731 g/mol. The molecule has 7 aromatic rings. The molecule has 1 radical (unpaired) electrons. The summed E-state index contributed by atoms with van der Waals surface area (Å²) >= 11 is 0. The fourth-order valence-electron chi connectivity index (χ4n) is 5.08. The van der Waals surface area contributed by atoms with Gasteiger partial charge in [0.25, 0.3) is 0 Å². The number of aromatic nitrogens is 3. The van der Waals surface area contributed by atoms with Crippen molar-refractivity contribution in [1.82, 2.24) is 15.0 Å². The van der Waals surface area contributed by atoms with Gasteiger partial charge in [0.15, 0.2) is 0 Å². The molecule has 0 atom stereocenters. The molecule has 0 aliphatic rings. The summed E-state index contributed by atoms with van der Waals surface area (Å²) in [5.74, 6) is 0. The van der Waals surface area contributed by atoms with E-state index in [0.717, 1.165) is 57.4 Å². The van der Waals surface area contributed by atoms with Gasteiger partial charge in [-0.25, -0.2) is 4.98 Å². The first-order valence-corrected chi connectivity index (χ1v) is 15.0. The number of hydrogen-bond donors (Lipinski definition) is 0. The zero-order valence-corrected chi connectivity index (χ0v) is 28.4. The van der Waals surface area contributed by atoms with Crippen LogP contribution < -0.4 is 0 Å². The number of pyridine rings is 3. The van der Waals surface area contributed by atoms with E-state index in [2.05, 4.69) is 110 Å². The quantitative estimate of drug-likeness (QED) is 0.164. The van der Waals surface area contributed by atoms with Gasteiger partial charge < -0.3 is 14.4 Å². The maximum atomic E-state index is 6.15. The van der Waals surface area contributed by atoms with Gasteiger partial charge in [0, 0.05) is 43.6 Å². The molecule has 3 aromatic carbocycles. The van der Waals surface area contributed by atoms with Gasteiger partial charge >= 0.3 is 0 Å². The van der Waals surface area contributed by atoms with Crippen molar-refractivity contribution in [2.24, 2.45) is 0 Å². The number of fused-ring (bicyclic) bond motifs is 3. The number of aryl methyl sites for hydroxylation is 3. The molecule has 7 rings (SSSR count). The summed E-state index contributed by atoms with van der Waals surface area (Å²) in [4.78, 5) is 13.7. The number of benzene rings is 3. The van der Waals surface area contributed by atoms with Crippen molar-refractivity contribution in [3.8, 4) is 22.5 Å². The second kappa shape index (κ2) is 14.1. The summed E-state index contributed by atoms with van der Waals surface area (Å²) < 4.78 is 6.15. The second-order valence-corrected chi connectivity index (χ2v) is 12.0. The van der Waals surface area contributed by atoms with E-state index in [4.69, 9.17) is 9.40 Å². The van der Waals surface area contributed by atoms with Gasteiger partial charge in [0.05, 0.1) is 5.58 Å². The first kappa shape index (κ1) is 32.0. The minimum atomic E-state index is 0. The molecule has 4 nitrogen and oxygen atoms in total. The molecule has 4 heterocycles. The van der Waals surface area contributed by atoms with Crippen LogP contribution in [0.5, 0.6) is 0 Å². The van der Waals surface area contributed by atoms with Crippen LogP contribution in [0.4, 0.5) is 0 Å². The molecule has 5 heteroatoms. The van der Waals surface area contributed by atoms with Crippen LogP contribution in [0, 0.1) is 19.1 Å². The minimum Gasteiger partial charge on any atom is -0.486 e. The van der Waals surface area contributed by atoms with Crippen molar-refractivity contribution in [1.29, 1.82) is 0 Å². The summed E-state index contributed by atoms with van der Waals surface area (Å²) in [6, 6.07) is 41.4. The summed E-state index contributed by atoms with van der Waals surface area (Å²) in [5.41, 5.74) is 10.2. The fraction of sp³-hybridized carbons (Fsp3) is 0.175. The van der Waals surface area contributed by atoms with Gasteiger partial charge in [-0.05, 0) is 59.0 Å². The standard InChI is InChI=1S/C24H17N2O.C16H18N.Ir/c1-2-7-17(8-3-1)12-13-18-14-15-20-19-9-6-10-21(22-11-4-5-16-25-22)23(19)27-24(20)26-18;1-12-5-7-13(8-6-12)15-10-9-14(11-17-15)16(2,3)4;/h1-9,11,14-16H,12-13H2;5-7,9-11H,1-4H3;/q2*-1;. The summed E-state index contributed by atoms with van der Waals surface area (Å²) in [5, 5.41) is 2.08. The zero-order chi connectivity index (χ0) is 30.5. The molecule has 227 valence electrons. The fourth-order valence-corrected chi connectivity index (χ4v) is 5.08. The van der Waals surface area contributed by atoms with Gasteiger partial charge in [-0.1, -0.05) is 93.2 Å². The van der Waals surface area contributed by atoms with E-state index >= 15 is 0 Å². The molecule has 0 unspecified atom stereocenters. The summed E-state index contributed by atoms with van der Waals surface area (Å²) in [6.07, 6.45) is 5.59. The van der Waals surface area contributed by atoms with Crippen molar-refractivity contribution in [3.63, 3.8) is 0 Å². The molecule has 45 heavy (non-hydrogen) atoms. The molecular formula is C40H35IrN3O-2. The number of rotatable bonds is 5. The van der Waals surface area contributed by atoms with E-state index in [-0.39, 0.29) is 25.5 Å². The number of hydrogen-bond acceptors (Lipinski definition) is 4. The Bertz CT molecular complexity index is 1980. The largest absolute Gasteiger partial charge is 0.486 e. The smallest absolute Gasteiger partial charge is 0.216 e. The normalized spacial score (nSPS) is 11.1. The van der Waals surface area contributed by atoms with Crippen LogP contribution in [-0.4, -0.2) is 15.0 Å². The van der Waals surface area contributed by atoms with Gasteiger partial charge in [0.2, 0.25) is 5.71 Å². The van der Waals surface area contributed by atoms with E-state index in [1.165, 1.54) is 16.7 Å². The molecule has 0 saturated heterocycles. The Balaban J connectivity index is 0.000000193. The summed E-state index contributed by atoms with van der Waals surface area (Å²) in [7, 11) is 0. The molecule has 0 amide bonds. The Labute approximate surface area is 279 Å². The molecule has 0 aliphatic heterocycles. The third kappa shape index (κ3) is 7.62. The Morgan fingerprint density at radius 3 is 2.24 bits per heavy atom. The maximum Gasteiger partial charge on any atom is 0.216 e. The van der Waals surface area contributed by atoms with Crippen molar-refractivity contribution >= 4 is 22.1 Å². The minimum absolute atomic E-state index is 0. The van der Waals surface area contributed by atoms with E-state index in [0.29, 0.717) is 5.71 Å². The Hall–Kier alpha value is -4.44. The molecule has 0 aliphatic carbocycles. The third-order valence-electron chi connectivity index (χ3n) is 7.66. The van der Waals surface area contributed by atoms with Crippen LogP contribution in [0.25, 0.3) is 44.6 Å². The van der Waals surface area contributed by atoms with Gasteiger partial charge in [-0.3, -0.25) is 0 Å². The van der Waals surface area contributed by atoms with Gasteiger partial charge in [-0.15, -0.1) is 53.6 Å². The second-order valence-electron chi connectivity index (χ2n) is 12.0. The topological polar surface area (TPSA) is 51.8 Å². The number of furan rings is 1. The van der Waals surface area contributed by atoms with Gasteiger partial charge in [-0.2, -0.15) is 0 Å². The van der Waals surface area contributed by atoms with Crippen LogP contribution in [-0.2, 0) is 38.4 Å². The average molecular weight is 766 g/mol. The Morgan fingerprint density at radius 2 is 1.56 bits per heavy atom. The van der Waals surface area contributed by atoms with Crippen LogP contribution in [0.15, 0.2) is 120 Å². The first-order chi connectivity index (χ1) is 21.3. The van der Waals surface area contributed by atoms with Crippen LogP contribution in [0.3, 0.4) is 0 Å². The number of nitrogens with zero attached hydrogens (tertiary/aromatic N) is 3. The monoisotopic (exact) mass is 766 g/mol. The average Bonchev–Trinajstić information content (AvgIpc) is 3.43. The molecule has 0 fully saturated rings. The molecule has 0 bridgehead atoms. The zero-order valence-electron chi connectivity index (χ0n) is 26.0. The molecule has 0 spiro atoms. The predicted molar refractivity (Wildman–Crippen MR) is 179 cm³/mol. The maximum absolute atomic E-state index is 6.15. The van der Waals surface area contributed by atoms with Crippen molar-refractivity contribution in [2.75, 3.05) is 0 Å². The predicted octanol–water partition coefficient (Wildman–Crippen LogP) is 9.78. The Morgan fingerprint density at radius 1 is 0.733 bits per heavy atom. The first-order valence-electron chi connectivity index (χ1n) is 15.0. The summed E-state index contributed by atoms with van der Waals surface area (Å²) in [6.45, 7) is 8.65. The molecule has 0 N–H and O–H groups in total. The molecule has 0 saturated carbocycles. The van der Waals surface area contributed by atoms with Crippen LogP contribution >= 0.6 is 0 Å². The van der Waals surface area contributed by atoms with Gasteiger partial charge in [0.1, 0.15) is 0 Å². The van der Waals surface area contributed by atoms with Crippen molar-refractivity contribution < 1.29 is 24.5 Å².